The number of fused-ring (bicyclic) bond motifs is 1. The van der Waals surface area contributed by atoms with Gasteiger partial charge in [-0.2, -0.15) is 15.4 Å². The molecule has 3 aromatic heterocycles. The maximum absolute atomic E-state index is 6.14. The third-order valence-corrected chi connectivity index (χ3v) is 7.53. The molecule has 1 aromatic carbocycles. The van der Waals surface area contributed by atoms with Gasteiger partial charge in [0.25, 0.3) is 0 Å². The summed E-state index contributed by atoms with van der Waals surface area (Å²) in [5, 5.41) is 19.8. The number of rotatable bonds is 8. The highest BCUT2D eigenvalue weighted by molar-refractivity contribution is 5.77. The van der Waals surface area contributed by atoms with Crippen LogP contribution in [0, 0.1) is 0 Å². The van der Waals surface area contributed by atoms with Gasteiger partial charge in [-0.3, -0.25) is 4.68 Å². The van der Waals surface area contributed by atoms with Crippen LogP contribution in [0.25, 0.3) is 11.2 Å². The van der Waals surface area contributed by atoms with Crippen LogP contribution in [-0.4, -0.2) is 42.8 Å². The standard InChI is InChI=1S/C26H32N8/c27-24-14-23(25-26(30-24)32-33-31-25)22(19-15-29-34(16-19)21-10-11-21)12-13-28-20-8-6-18(7-9-20)17-4-2-1-3-5-17/h1-5,14-16,18,20-22,28H,6-13H2,(H3,27,30,31,32,33). The zero-order valence-corrected chi connectivity index (χ0v) is 19.4. The predicted molar refractivity (Wildman–Crippen MR) is 132 cm³/mol. The van der Waals surface area contributed by atoms with Crippen molar-refractivity contribution in [2.24, 2.45) is 0 Å². The molecule has 2 aliphatic rings. The van der Waals surface area contributed by atoms with Crippen molar-refractivity contribution in [2.45, 2.75) is 68.9 Å². The number of pyridine rings is 1. The van der Waals surface area contributed by atoms with Gasteiger partial charge in [0.05, 0.1) is 12.2 Å². The Morgan fingerprint density at radius 3 is 2.68 bits per heavy atom. The Hall–Kier alpha value is -3.26. The van der Waals surface area contributed by atoms with Crippen LogP contribution in [0.3, 0.4) is 0 Å². The van der Waals surface area contributed by atoms with Crippen molar-refractivity contribution in [1.82, 2.24) is 35.5 Å². The molecule has 0 aliphatic heterocycles. The highest BCUT2D eigenvalue weighted by Gasteiger charge is 2.28. The number of nitrogens with two attached hydrogens (primary N) is 1. The second-order valence-corrected chi connectivity index (χ2v) is 9.87. The van der Waals surface area contributed by atoms with Gasteiger partial charge in [-0.15, -0.1) is 5.10 Å². The lowest BCUT2D eigenvalue weighted by Gasteiger charge is -2.30. The zero-order chi connectivity index (χ0) is 22.9. The van der Waals surface area contributed by atoms with Gasteiger partial charge < -0.3 is 11.1 Å². The molecule has 0 radical (unpaired) electrons. The van der Waals surface area contributed by atoms with E-state index in [0.717, 1.165) is 24.0 Å². The van der Waals surface area contributed by atoms with Gasteiger partial charge in [0.2, 0.25) is 5.65 Å². The molecule has 0 saturated heterocycles. The van der Waals surface area contributed by atoms with Gasteiger partial charge in [0, 0.05) is 18.2 Å². The highest BCUT2D eigenvalue weighted by Crippen LogP contribution is 2.37. The van der Waals surface area contributed by atoms with Crippen LogP contribution in [0.1, 0.15) is 79.5 Å². The Balaban J connectivity index is 1.15. The number of hydrogen-bond acceptors (Lipinski definition) is 6. The molecule has 0 bridgehead atoms. The van der Waals surface area contributed by atoms with E-state index < -0.39 is 0 Å². The van der Waals surface area contributed by atoms with Crippen LogP contribution in [0.4, 0.5) is 5.82 Å². The molecule has 34 heavy (non-hydrogen) atoms. The molecule has 4 N–H and O–H groups in total. The van der Waals surface area contributed by atoms with Gasteiger partial charge >= 0.3 is 0 Å². The lowest BCUT2D eigenvalue weighted by molar-refractivity contribution is 0.340. The van der Waals surface area contributed by atoms with Crippen molar-refractivity contribution < 1.29 is 0 Å². The maximum atomic E-state index is 6.14. The van der Waals surface area contributed by atoms with Crippen LogP contribution in [0.15, 0.2) is 48.8 Å². The fourth-order valence-electron chi connectivity index (χ4n) is 5.51. The number of hydrogen-bond donors (Lipinski definition) is 3. The molecule has 6 rings (SSSR count). The Bertz CT molecular complexity index is 1230. The second kappa shape index (κ2) is 9.18. The van der Waals surface area contributed by atoms with Crippen LogP contribution in [0.2, 0.25) is 0 Å². The summed E-state index contributed by atoms with van der Waals surface area (Å²) in [4.78, 5) is 4.34. The molecule has 4 aromatic rings. The first-order valence-corrected chi connectivity index (χ1v) is 12.5. The smallest absolute Gasteiger partial charge is 0.203 e. The van der Waals surface area contributed by atoms with Crippen LogP contribution >= 0.6 is 0 Å². The molecule has 2 aliphatic carbocycles. The number of anilines is 1. The van der Waals surface area contributed by atoms with Crippen molar-refractivity contribution in [2.75, 3.05) is 12.3 Å². The zero-order valence-electron chi connectivity index (χ0n) is 19.4. The van der Waals surface area contributed by atoms with Crippen molar-refractivity contribution in [3.05, 3.63) is 65.5 Å². The van der Waals surface area contributed by atoms with E-state index >= 15 is 0 Å². The fraction of sp³-hybridized carbons (Fsp3) is 0.462. The van der Waals surface area contributed by atoms with E-state index in [0.29, 0.717) is 29.5 Å². The maximum Gasteiger partial charge on any atom is 0.203 e. The Morgan fingerprint density at radius 1 is 1.06 bits per heavy atom. The average Bonchev–Trinajstić information content (AvgIpc) is 3.41. The quantitative estimate of drug-likeness (QED) is 0.364. The molecular weight excluding hydrogens is 424 g/mol. The van der Waals surface area contributed by atoms with Gasteiger partial charge in [-0.1, -0.05) is 30.3 Å². The van der Waals surface area contributed by atoms with E-state index in [1.54, 1.807) is 0 Å². The minimum absolute atomic E-state index is 0.138. The van der Waals surface area contributed by atoms with E-state index in [1.807, 2.05) is 12.3 Å². The van der Waals surface area contributed by atoms with E-state index in [1.165, 1.54) is 49.7 Å². The molecule has 1 unspecified atom stereocenters. The van der Waals surface area contributed by atoms with Gasteiger partial charge in [0.15, 0.2) is 0 Å². The first kappa shape index (κ1) is 21.3. The van der Waals surface area contributed by atoms with Crippen molar-refractivity contribution >= 4 is 17.0 Å². The predicted octanol–water partition coefficient (Wildman–Crippen LogP) is 4.30. The Labute approximate surface area is 199 Å². The normalized spacial score (nSPS) is 21.6. The summed E-state index contributed by atoms with van der Waals surface area (Å²) in [7, 11) is 0. The van der Waals surface area contributed by atoms with Gasteiger partial charge in [-0.25, -0.2) is 4.98 Å². The lowest BCUT2D eigenvalue weighted by atomic mass is 9.81. The second-order valence-electron chi connectivity index (χ2n) is 9.87. The summed E-state index contributed by atoms with van der Waals surface area (Å²) in [6, 6.07) is 14.0. The van der Waals surface area contributed by atoms with Gasteiger partial charge in [0.1, 0.15) is 11.3 Å². The van der Waals surface area contributed by atoms with Crippen LogP contribution in [0.5, 0.6) is 0 Å². The van der Waals surface area contributed by atoms with E-state index in [4.69, 9.17) is 5.73 Å². The molecule has 3 heterocycles. The number of aromatic amines is 1. The number of aromatic nitrogens is 6. The molecule has 0 spiro atoms. The SMILES string of the molecule is Nc1cc(C(CCNC2CCC(c3ccccc3)CC2)c2cnn(C3CC3)c2)c2n[nH]nc2n1. The third-order valence-electron chi connectivity index (χ3n) is 7.53. The summed E-state index contributed by atoms with van der Waals surface area (Å²) >= 11 is 0. The van der Waals surface area contributed by atoms with Crippen molar-refractivity contribution in [1.29, 1.82) is 0 Å². The number of nitrogen functional groups attached to an aromatic ring is 1. The summed E-state index contributed by atoms with van der Waals surface area (Å²) in [6.07, 6.45) is 12.5. The molecule has 8 nitrogen and oxygen atoms in total. The minimum atomic E-state index is 0.138. The largest absolute Gasteiger partial charge is 0.384 e. The van der Waals surface area contributed by atoms with Crippen LogP contribution < -0.4 is 11.1 Å². The molecule has 176 valence electrons. The van der Waals surface area contributed by atoms with Crippen molar-refractivity contribution in [3.8, 4) is 0 Å². The van der Waals surface area contributed by atoms with E-state index in [9.17, 15) is 0 Å². The summed E-state index contributed by atoms with van der Waals surface area (Å²) in [5.74, 6) is 1.31. The molecule has 1 atom stereocenters. The summed E-state index contributed by atoms with van der Waals surface area (Å²) in [5.41, 5.74) is 11.3. The monoisotopic (exact) mass is 456 g/mol. The molecule has 0 amide bonds. The number of nitrogens with one attached hydrogen (secondary N) is 2. The Kier molecular flexibility index (Phi) is 5.74. The van der Waals surface area contributed by atoms with Crippen LogP contribution in [-0.2, 0) is 0 Å². The topological polar surface area (TPSA) is 110 Å². The average molecular weight is 457 g/mol. The van der Waals surface area contributed by atoms with Crippen molar-refractivity contribution in [3.63, 3.8) is 0 Å². The van der Waals surface area contributed by atoms with E-state index in [2.05, 4.69) is 72.0 Å². The Morgan fingerprint density at radius 2 is 1.88 bits per heavy atom. The first-order chi connectivity index (χ1) is 16.7. The molecule has 2 fully saturated rings. The van der Waals surface area contributed by atoms with Gasteiger partial charge in [-0.05, 0) is 80.2 Å². The third kappa shape index (κ3) is 4.42. The fourth-order valence-corrected chi connectivity index (χ4v) is 5.51. The number of nitrogens with zero attached hydrogens (tertiary/aromatic N) is 5. The summed E-state index contributed by atoms with van der Waals surface area (Å²) < 4.78 is 2.12. The summed E-state index contributed by atoms with van der Waals surface area (Å²) in [6.45, 7) is 0.932. The lowest BCUT2D eigenvalue weighted by Crippen LogP contribution is -2.34. The molecule has 2 saturated carbocycles. The first-order valence-electron chi connectivity index (χ1n) is 12.5. The molecule has 8 heteroatoms. The molecular formula is C26H32N8. The van der Waals surface area contributed by atoms with E-state index in [-0.39, 0.29) is 5.92 Å². The number of H-pyrrole nitrogens is 1. The number of benzene rings is 1. The minimum Gasteiger partial charge on any atom is -0.384 e. The highest BCUT2D eigenvalue weighted by atomic mass is 15.3.